The Morgan fingerprint density at radius 2 is 2.10 bits per heavy atom. The van der Waals surface area contributed by atoms with Crippen molar-refractivity contribution >= 4 is 27.8 Å². The smallest absolute Gasteiger partial charge is 0.305 e. The van der Waals surface area contributed by atoms with Gasteiger partial charge in [0, 0.05) is 6.92 Å². The molecule has 0 aliphatic carbocycles. The van der Waals surface area contributed by atoms with Gasteiger partial charge in [-0.3, -0.25) is 9.59 Å². The van der Waals surface area contributed by atoms with E-state index in [2.05, 4.69) is 21.2 Å². The fraction of sp³-hybridized carbons (Fsp3) is 0.385. The average Bonchev–Trinajstić information content (AvgIpc) is 2.37. The number of hydrogen-bond acceptors (Lipinski definition) is 4. The van der Waals surface area contributed by atoms with Gasteiger partial charge in [0.25, 0.3) is 0 Å². The Morgan fingerprint density at radius 1 is 1.40 bits per heavy atom. The molecule has 0 spiro atoms. The van der Waals surface area contributed by atoms with E-state index in [0.29, 0.717) is 34.7 Å². The number of carbonyl (C=O) groups excluding carboxylic acids is 1. The largest absolute Gasteiger partial charge is 0.486 e. The van der Waals surface area contributed by atoms with Crippen LogP contribution in [0, 0.1) is 0 Å². The van der Waals surface area contributed by atoms with Crippen molar-refractivity contribution in [3.8, 4) is 11.5 Å². The lowest BCUT2D eigenvalue weighted by Crippen LogP contribution is -2.28. The van der Waals surface area contributed by atoms with Crippen LogP contribution in [-0.4, -0.2) is 30.2 Å². The number of fused-ring (bicyclic) bond motifs is 1. The second kappa shape index (κ2) is 6.13. The normalized spacial score (nSPS) is 14.5. The number of carboxylic acid groups (broad SMARTS) is 1. The fourth-order valence-corrected chi connectivity index (χ4v) is 2.58. The van der Waals surface area contributed by atoms with Crippen molar-refractivity contribution < 1.29 is 24.2 Å². The number of halogens is 1. The molecule has 0 radical (unpaired) electrons. The summed E-state index contributed by atoms with van der Waals surface area (Å²) in [6.07, 6.45) is -0.203. The highest BCUT2D eigenvalue weighted by Crippen LogP contribution is 2.40. The van der Waals surface area contributed by atoms with Crippen molar-refractivity contribution in [1.82, 2.24) is 5.32 Å². The van der Waals surface area contributed by atoms with Crippen molar-refractivity contribution in [2.45, 2.75) is 19.4 Å². The molecule has 1 amide bonds. The Morgan fingerprint density at radius 3 is 2.75 bits per heavy atom. The number of aliphatic carboxylic acids is 1. The van der Waals surface area contributed by atoms with Crippen LogP contribution in [-0.2, 0) is 9.59 Å². The minimum Gasteiger partial charge on any atom is -0.486 e. The SMILES string of the molecule is CC(=O)NC(CC(=O)O)c1cc(Br)c2c(c1)OCCO2. The highest BCUT2D eigenvalue weighted by atomic mass is 79.9. The number of hydrogen-bond donors (Lipinski definition) is 2. The van der Waals surface area contributed by atoms with Crippen LogP contribution in [0.2, 0.25) is 0 Å². The zero-order valence-electron chi connectivity index (χ0n) is 10.8. The maximum Gasteiger partial charge on any atom is 0.305 e. The van der Waals surface area contributed by atoms with E-state index in [9.17, 15) is 9.59 Å². The van der Waals surface area contributed by atoms with Gasteiger partial charge in [-0.25, -0.2) is 0 Å². The van der Waals surface area contributed by atoms with E-state index in [0.717, 1.165) is 0 Å². The molecular formula is C13H14BrNO5. The molecule has 1 aromatic carbocycles. The average molecular weight is 344 g/mol. The second-order valence-corrected chi connectivity index (χ2v) is 5.23. The third kappa shape index (κ3) is 3.41. The van der Waals surface area contributed by atoms with Crippen molar-refractivity contribution in [3.05, 3.63) is 22.2 Å². The molecule has 6 nitrogen and oxygen atoms in total. The van der Waals surface area contributed by atoms with Crippen LogP contribution < -0.4 is 14.8 Å². The first kappa shape index (κ1) is 14.6. The summed E-state index contributed by atoms with van der Waals surface area (Å²) in [5.41, 5.74) is 0.652. The Bertz CT molecular complexity index is 530. The Balaban J connectivity index is 2.34. The zero-order valence-corrected chi connectivity index (χ0v) is 12.4. The molecule has 0 fully saturated rings. The highest BCUT2D eigenvalue weighted by Gasteiger charge is 2.22. The van der Waals surface area contributed by atoms with Crippen LogP contribution >= 0.6 is 15.9 Å². The van der Waals surface area contributed by atoms with Gasteiger partial charge in [0.15, 0.2) is 11.5 Å². The van der Waals surface area contributed by atoms with Crippen LogP contribution in [0.5, 0.6) is 11.5 Å². The minimum absolute atomic E-state index is 0.203. The number of carbonyl (C=O) groups is 2. The lowest BCUT2D eigenvalue weighted by molar-refractivity contribution is -0.137. The molecule has 20 heavy (non-hydrogen) atoms. The van der Waals surface area contributed by atoms with Gasteiger partial charge >= 0.3 is 5.97 Å². The molecule has 1 aliphatic heterocycles. The van der Waals surface area contributed by atoms with Gasteiger partial charge in [0.1, 0.15) is 13.2 Å². The van der Waals surface area contributed by atoms with Gasteiger partial charge in [-0.15, -0.1) is 0 Å². The predicted molar refractivity (Wildman–Crippen MR) is 73.9 cm³/mol. The van der Waals surface area contributed by atoms with Crippen molar-refractivity contribution in [2.24, 2.45) is 0 Å². The Hall–Kier alpha value is -1.76. The topological polar surface area (TPSA) is 84.9 Å². The van der Waals surface area contributed by atoms with Gasteiger partial charge in [-0.05, 0) is 33.6 Å². The first-order valence-corrected chi connectivity index (χ1v) is 6.84. The van der Waals surface area contributed by atoms with Crippen LogP contribution in [0.25, 0.3) is 0 Å². The molecule has 108 valence electrons. The number of carboxylic acids is 1. The maximum absolute atomic E-state index is 11.2. The molecule has 0 saturated heterocycles. The van der Waals surface area contributed by atoms with Crippen molar-refractivity contribution in [2.75, 3.05) is 13.2 Å². The quantitative estimate of drug-likeness (QED) is 0.871. The summed E-state index contributed by atoms with van der Waals surface area (Å²) < 4.78 is 11.6. The standard InChI is InChI=1S/C13H14BrNO5/c1-7(16)15-10(6-12(17)18)8-4-9(14)13-11(5-8)19-2-3-20-13/h4-5,10H,2-3,6H2,1H3,(H,15,16)(H,17,18). The molecule has 2 rings (SSSR count). The summed E-state index contributed by atoms with van der Waals surface area (Å²) in [4.78, 5) is 22.1. The van der Waals surface area contributed by atoms with Crippen molar-refractivity contribution in [1.29, 1.82) is 0 Å². The van der Waals surface area contributed by atoms with E-state index >= 15 is 0 Å². The monoisotopic (exact) mass is 343 g/mol. The molecule has 2 N–H and O–H groups in total. The molecule has 1 aromatic rings. The summed E-state index contributed by atoms with van der Waals surface area (Å²) >= 11 is 3.37. The summed E-state index contributed by atoms with van der Waals surface area (Å²) in [6, 6.07) is 2.82. The van der Waals surface area contributed by atoms with Crippen LogP contribution in [0.4, 0.5) is 0 Å². The van der Waals surface area contributed by atoms with E-state index in [1.807, 2.05) is 0 Å². The number of nitrogens with one attached hydrogen (secondary N) is 1. The van der Waals surface area contributed by atoms with Crippen LogP contribution in [0.15, 0.2) is 16.6 Å². The Kier molecular flexibility index (Phi) is 4.49. The van der Waals surface area contributed by atoms with Gasteiger partial charge in [0.05, 0.1) is 16.9 Å². The molecule has 0 saturated carbocycles. The van der Waals surface area contributed by atoms with Gasteiger partial charge in [0.2, 0.25) is 5.91 Å². The summed E-state index contributed by atoms with van der Waals surface area (Å²) in [7, 11) is 0. The predicted octanol–water partition coefficient (Wildman–Crippen LogP) is 1.87. The summed E-state index contributed by atoms with van der Waals surface area (Å²) in [5, 5.41) is 11.6. The third-order valence-corrected chi connectivity index (χ3v) is 3.37. The van der Waals surface area contributed by atoms with E-state index in [4.69, 9.17) is 14.6 Å². The molecule has 1 unspecified atom stereocenters. The number of ether oxygens (including phenoxy) is 2. The lowest BCUT2D eigenvalue weighted by Gasteiger charge is -2.23. The highest BCUT2D eigenvalue weighted by molar-refractivity contribution is 9.10. The van der Waals surface area contributed by atoms with Gasteiger partial charge in [-0.2, -0.15) is 0 Å². The van der Waals surface area contributed by atoms with E-state index in [1.165, 1.54) is 6.92 Å². The zero-order chi connectivity index (χ0) is 14.7. The minimum atomic E-state index is -0.991. The van der Waals surface area contributed by atoms with E-state index in [-0.39, 0.29) is 12.3 Å². The molecule has 0 aromatic heterocycles. The molecule has 1 atom stereocenters. The molecule has 1 aliphatic rings. The fourth-order valence-electron chi connectivity index (χ4n) is 2.00. The number of benzene rings is 1. The first-order valence-electron chi connectivity index (χ1n) is 6.05. The number of amides is 1. The second-order valence-electron chi connectivity index (χ2n) is 4.38. The third-order valence-electron chi connectivity index (χ3n) is 2.78. The maximum atomic E-state index is 11.2. The van der Waals surface area contributed by atoms with E-state index < -0.39 is 12.0 Å². The molecular weight excluding hydrogens is 330 g/mol. The summed E-state index contributed by atoms with van der Waals surface area (Å²) in [6.45, 7) is 2.25. The summed E-state index contributed by atoms with van der Waals surface area (Å²) in [5.74, 6) is -0.143. The molecule has 7 heteroatoms. The Labute approximate surface area is 124 Å². The molecule has 1 heterocycles. The van der Waals surface area contributed by atoms with E-state index in [1.54, 1.807) is 12.1 Å². The first-order chi connectivity index (χ1) is 9.47. The van der Waals surface area contributed by atoms with Crippen molar-refractivity contribution in [3.63, 3.8) is 0 Å². The van der Waals surface area contributed by atoms with Crippen LogP contribution in [0.3, 0.4) is 0 Å². The number of rotatable bonds is 4. The lowest BCUT2D eigenvalue weighted by atomic mass is 10.0. The van der Waals surface area contributed by atoms with Crippen LogP contribution in [0.1, 0.15) is 24.9 Å². The molecule has 0 bridgehead atoms. The van der Waals surface area contributed by atoms with Gasteiger partial charge in [-0.1, -0.05) is 0 Å². The van der Waals surface area contributed by atoms with Gasteiger partial charge < -0.3 is 19.9 Å².